The summed E-state index contributed by atoms with van der Waals surface area (Å²) in [6.45, 7) is 12.1. The highest BCUT2D eigenvalue weighted by Crippen LogP contribution is 2.18. The smallest absolute Gasteiger partial charge is 0.280 e. The number of hydrogen-bond acceptors (Lipinski definition) is 3. The van der Waals surface area contributed by atoms with Crippen LogP contribution in [0.1, 0.15) is 47.5 Å². The van der Waals surface area contributed by atoms with E-state index in [4.69, 9.17) is 0 Å². The van der Waals surface area contributed by atoms with Gasteiger partial charge >= 0.3 is 0 Å². The van der Waals surface area contributed by atoms with Gasteiger partial charge in [0.25, 0.3) is 10.2 Å². The third-order valence-electron chi connectivity index (χ3n) is 3.22. The highest BCUT2D eigenvalue weighted by Gasteiger charge is 2.31. The van der Waals surface area contributed by atoms with Crippen LogP contribution in [0.25, 0.3) is 0 Å². The normalized spacial score (nSPS) is 19.3. The Hall–Kier alpha value is -0.170. The van der Waals surface area contributed by atoms with Gasteiger partial charge in [0.05, 0.1) is 0 Å². The molecular weight excluding hydrogens is 262 g/mol. The molecule has 0 amide bonds. The van der Waals surface area contributed by atoms with Crippen molar-refractivity contribution < 1.29 is 8.42 Å². The van der Waals surface area contributed by atoms with Crippen molar-refractivity contribution in [1.29, 1.82) is 0 Å². The summed E-state index contributed by atoms with van der Waals surface area (Å²) in [5.74, 6) is 0.459. The molecule has 1 aliphatic rings. The molecule has 2 N–H and O–H groups in total. The van der Waals surface area contributed by atoms with Gasteiger partial charge in [-0.1, -0.05) is 0 Å². The van der Waals surface area contributed by atoms with Crippen LogP contribution < -0.4 is 10.0 Å². The predicted molar refractivity (Wildman–Crippen MR) is 79.2 cm³/mol. The van der Waals surface area contributed by atoms with Gasteiger partial charge in [0, 0.05) is 18.1 Å². The number of piperidine rings is 1. The average Bonchev–Trinajstić information content (AvgIpc) is 2.23. The van der Waals surface area contributed by atoms with Crippen molar-refractivity contribution in [2.75, 3.05) is 19.6 Å². The summed E-state index contributed by atoms with van der Waals surface area (Å²) in [5.41, 5.74) is -0.444. The van der Waals surface area contributed by atoms with Gasteiger partial charge in [-0.15, -0.1) is 0 Å². The summed E-state index contributed by atoms with van der Waals surface area (Å²) < 4.78 is 29.3. The monoisotopic (exact) mass is 291 g/mol. The molecule has 5 nitrogen and oxygen atoms in total. The molecule has 1 heterocycles. The summed E-state index contributed by atoms with van der Waals surface area (Å²) >= 11 is 0. The van der Waals surface area contributed by atoms with E-state index in [1.807, 2.05) is 34.6 Å². The lowest BCUT2D eigenvalue weighted by Crippen LogP contribution is -2.52. The Balaban J connectivity index is 2.76. The Morgan fingerprint density at radius 3 is 2.21 bits per heavy atom. The van der Waals surface area contributed by atoms with E-state index in [1.165, 1.54) is 0 Å². The molecule has 0 unspecified atom stereocenters. The Morgan fingerprint density at radius 2 is 1.79 bits per heavy atom. The van der Waals surface area contributed by atoms with Crippen molar-refractivity contribution in [3.8, 4) is 0 Å². The van der Waals surface area contributed by atoms with Gasteiger partial charge < -0.3 is 5.32 Å². The Labute approximate surface area is 118 Å². The Kier molecular flexibility index (Phi) is 5.79. The fourth-order valence-electron chi connectivity index (χ4n) is 2.35. The van der Waals surface area contributed by atoms with Gasteiger partial charge in [0.2, 0.25) is 0 Å². The summed E-state index contributed by atoms with van der Waals surface area (Å²) in [5, 5.41) is 3.31. The molecule has 0 aromatic rings. The molecular formula is C13H29N3O2S. The lowest BCUT2D eigenvalue weighted by Gasteiger charge is -2.34. The molecule has 0 bridgehead atoms. The summed E-state index contributed by atoms with van der Waals surface area (Å²) in [4.78, 5) is 0. The van der Waals surface area contributed by atoms with Crippen LogP contribution in [0.2, 0.25) is 0 Å². The van der Waals surface area contributed by atoms with Crippen LogP contribution in [-0.4, -0.2) is 43.9 Å². The maximum absolute atomic E-state index is 12.5. The minimum Gasteiger partial charge on any atom is -0.317 e. The van der Waals surface area contributed by atoms with Gasteiger partial charge in [0.15, 0.2) is 0 Å². The maximum Gasteiger partial charge on any atom is 0.280 e. The van der Waals surface area contributed by atoms with Crippen LogP contribution in [0.5, 0.6) is 0 Å². The van der Waals surface area contributed by atoms with Crippen molar-refractivity contribution in [3.63, 3.8) is 0 Å². The second-order valence-electron chi connectivity index (χ2n) is 6.71. The lowest BCUT2D eigenvalue weighted by atomic mass is 9.98. The minimum absolute atomic E-state index is 0.0188. The SMILES string of the molecule is CC(C)N(CC1CCNCC1)S(=O)(=O)NC(C)(C)C. The average molecular weight is 291 g/mol. The van der Waals surface area contributed by atoms with Crippen LogP contribution in [-0.2, 0) is 10.2 Å². The van der Waals surface area contributed by atoms with Crippen molar-refractivity contribution in [2.24, 2.45) is 5.92 Å². The van der Waals surface area contributed by atoms with Gasteiger partial charge in [-0.05, 0) is 66.5 Å². The number of hydrogen-bond donors (Lipinski definition) is 2. The van der Waals surface area contributed by atoms with E-state index in [-0.39, 0.29) is 6.04 Å². The summed E-state index contributed by atoms with van der Waals surface area (Å²) in [6, 6.07) is -0.0188. The molecule has 0 atom stereocenters. The summed E-state index contributed by atoms with van der Waals surface area (Å²) in [6.07, 6.45) is 2.10. The third-order valence-corrected chi connectivity index (χ3v) is 5.28. The quantitative estimate of drug-likeness (QED) is 0.803. The van der Waals surface area contributed by atoms with Gasteiger partial charge in [-0.25, -0.2) is 0 Å². The zero-order valence-corrected chi connectivity index (χ0v) is 13.7. The van der Waals surface area contributed by atoms with E-state index in [1.54, 1.807) is 4.31 Å². The molecule has 0 radical (unpaired) electrons. The van der Waals surface area contributed by atoms with E-state index >= 15 is 0 Å². The van der Waals surface area contributed by atoms with E-state index in [2.05, 4.69) is 10.0 Å². The predicted octanol–water partition coefficient (Wildman–Crippen LogP) is 1.33. The molecule has 0 spiro atoms. The number of rotatable bonds is 5. The van der Waals surface area contributed by atoms with E-state index in [0.717, 1.165) is 25.9 Å². The van der Waals surface area contributed by atoms with E-state index in [0.29, 0.717) is 12.5 Å². The maximum atomic E-state index is 12.5. The zero-order chi connectivity index (χ0) is 14.7. The first kappa shape index (κ1) is 16.9. The minimum atomic E-state index is -3.42. The highest BCUT2D eigenvalue weighted by molar-refractivity contribution is 7.87. The first-order valence-electron chi connectivity index (χ1n) is 7.13. The third kappa shape index (κ3) is 5.77. The Morgan fingerprint density at radius 1 is 1.26 bits per heavy atom. The number of nitrogens with zero attached hydrogens (tertiary/aromatic N) is 1. The zero-order valence-electron chi connectivity index (χ0n) is 12.9. The molecule has 1 fully saturated rings. The van der Waals surface area contributed by atoms with Crippen LogP contribution >= 0.6 is 0 Å². The fraction of sp³-hybridized carbons (Fsp3) is 1.00. The standard InChI is InChI=1S/C13H29N3O2S/c1-11(2)16(10-12-6-8-14-9-7-12)19(17,18)15-13(3,4)5/h11-12,14-15H,6-10H2,1-5H3. The molecule has 0 aromatic heterocycles. The second kappa shape index (κ2) is 6.52. The van der Waals surface area contributed by atoms with E-state index in [9.17, 15) is 8.42 Å². The second-order valence-corrected chi connectivity index (χ2v) is 8.34. The van der Waals surface area contributed by atoms with Crippen molar-refractivity contribution in [2.45, 2.75) is 59.0 Å². The molecule has 1 rings (SSSR count). The van der Waals surface area contributed by atoms with Gasteiger partial charge in [-0.2, -0.15) is 17.4 Å². The van der Waals surface area contributed by atoms with Crippen LogP contribution in [0.3, 0.4) is 0 Å². The number of nitrogens with one attached hydrogen (secondary N) is 2. The molecule has 0 aliphatic carbocycles. The molecule has 0 saturated carbocycles. The van der Waals surface area contributed by atoms with Crippen LogP contribution in [0, 0.1) is 5.92 Å². The van der Waals surface area contributed by atoms with Gasteiger partial charge in [-0.3, -0.25) is 0 Å². The van der Waals surface area contributed by atoms with Crippen LogP contribution in [0.4, 0.5) is 0 Å². The van der Waals surface area contributed by atoms with Crippen LogP contribution in [0.15, 0.2) is 0 Å². The molecule has 19 heavy (non-hydrogen) atoms. The van der Waals surface area contributed by atoms with Crippen molar-refractivity contribution in [1.82, 2.24) is 14.3 Å². The molecule has 6 heteroatoms. The van der Waals surface area contributed by atoms with Crippen molar-refractivity contribution >= 4 is 10.2 Å². The summed E-state index contributed by atoms with van der Waals surface area (Å²) in [7, 11) is -3.42. The van der Waals surface area contributed by atoms with Crippen molar-refractivity contribution in [3.05, 3.63) is 0 Å². The first-order chi connectivity index (χ1) is 8.62. The largest absolute Gasteiger partial charge is 0.317 e. The Bertz CT molecular complexity index is 368. The molecule has 1 saturated heterocycles. The van der Waals surface area contributed by atoms with E-state index < -0.39 is 15.7 Å². The molecule has 0 aromatic carbocycles. The topological polar surface area (TPSA) is 61.4 Å². The molecule has 1 aliphatic heterocycles. The highest BCUT2D eigenvalue weighted by atomic mass is 32.2. The molecule has 114 valence electrons. The first-order valence-corrected chi connectivity index (χ1v) is 8.57. The lowest BCUT2D eigenvalue weighted by molar-refractivity contribution is 0.255. The van der Waals surface area contributed by atoms with Gasteiger partial charge in [0.1, 0.15) is 0 Å². The fourth-order valence-corrected chi connectivity index (χ4v) is 4.20.